The highest BCUT2D eigenvalue weighted by atomic mass is 16.5. The van der Waals surface area contributed by atoms with Crippen LogP contribution < -0.4 is 10.6 Å². The van der Waals surface area contributed by atoms with Crippen molar-refractivity contribution in [2.45, 2.75) is 26.5 Å². The Labute approximate surface area is 167 Å². The third kappa shape index (κ3) is 5.77. The normalized spacial score (nSPS) is 18.4. The average molecular weight is 386 g/mol. The van der Waals surface area contributed by atoms with Crippen LogP contribution in [0.5, 0.6) is 0 Å². The molecular formula is C20H31N7O. The number of ether oxygens (including phenoxy) is 1. The van der Waals surface area contributed by atoms with Gasteiger partial charge in [0, 0.05) is 38.9 Å². The van der Waals surface area contributed by atoms with Gasteiger partial charge in [0.25, 0.3) is 0 Å². The molecule has 0 saturated carbocycles. The maximum absolute atomic E-state index is 5.90. The number of aromatic nitrogens is 3. The van der Waals surface area contributed by atoms with Crippen LogP contribution in [0.3, 0.4) is 0 Å². The lowest BCUT2D eigenvalue weighted by Crippen LogP contribution is -2.50. The monoisotopic (exact) mass is 385 g/mol. The van der Waals surface area contributed by atoms with Gasteiger partial charge in [0.2, 0.25) is 0 Å². The fourth-order valence-corrected chi connectivity index (χ4v) is 3.36. The van der Waals surface area contributed by atoms with E-state index in [0.29, 0.717) is 12.5 Å². The molecule has 1 fully saturated rings. The first-order valence-electron chi connectivity index (χ1n) is 9.88. The Balaban J connectivity index is 1.49. The summed E-state index contributed by atoms with van der Waals surface area (Å²) >= 11 is 0. The molecule has 8 nitrogen and oxygen atoms in total. The molecule has 2 N–H and O–H groups in total. The highest BCUT2D eigenvalue weighted by Crippen LogP contribution is 2.09. The summed E-state index contributed by atoms with van der Waals surface area (Å²) < 4.78 is 7.87. The smallest absolute Gasteiger partial charge is 0.191 e. The zero-order valence-electron chi connectivity index (χ0n) is 17.0. The standard InChI is InChI=1S/C20H31N7O/c1-16(2)13-26-9-10-28-18(14-26)11-22-20(21-3)23-12-19-25-24-15-27(19)17-7-5-4-6-8-17/h4-8,15-16,18H,9-14H2,1-3H3,(H2,21,22,23). The minimum Gasteiger partial charge on any atom is -0.374 e. The number of morpholine rings is 1. The van der Waals surface area contributed by atoms with E-state index in [0.717, 1.165) is 50.3 Å². The minimum absolute atomic E-state index is 0.166. The Kier molecular flexibility index (Phi) is 7.39. The molecule has 3 rings (SSSR count). The zero-order valence-corrected chi connectivity index (χ0v) is 17.0. The fraction of sp³-hybridized carbons (Fsp3) is 0.550. The number of nitrogens with one attached hydrogen (secondary N) is 2. The molecule has 0 spiro atoms. The van der Waals surface area contributed by atoms with Crippen LogP contribution in [-0.2, 0) is 11.3 Å². The van der Waals surface area contributed by atoms with Crippen LogP contribution in [0.2, 0.25) is 0 Å². The number of para-hydroxylation sites is 1. The lowest BCUT2D eigenvalue weighted by atomic mass is 10.2. The molecule has 1 unspecified atom stereocenters. The summed E-state index contributed by atoms with van der Waals surface area (Å²) in [6.07, 6.45) is 1.89. The molecule has 1 atom stereocenters. The van der Waals surface area contributed by atoms with Gasteiger partial charge in [-0.05, 0) is 18.1 Å². The molecule has 0 bridgehead atoms. The largest absolute Gasteiger partial charge is 0.374 e. The summed E-state index contributed by atoms with van der Waals surface area (Å²) in [5, 5.41) is 14.9. The molecule has 1 aromatic carbocycles. The van der Waals surface area contributed by atoms with Crippen molar-refractivity contribution in [1.29, 1.82) is 0 Å². The van der Waals surface area contributed by atoms with Crippen molar-refractivity contribution in [3.05, 3.63) is 42.5 Å². The molecule has 0 amide bonds. The number of hydrogen-bond acceptors (Lipinski definition) is 5. The molecule has 8 heteroatoms. The molecule has 1 aromatic heterocycles. The molecule has 1 saturated heterocycles. The van der Waals surface area contributed by atoms with E-state index in [2.05, 4.69) is 44.6 Å². The van der Waals surface area contributed by atoms with E-state index in [1.54, 1.807) is 13.4 Å². The molecule has 28 heavy (non-hydrogen) atoms. The van der Waals surface area contributed by atoms with Gasteiger partial charge in [-0.3, -0.25) is 14.5 Å². The Morgan fingerprint density at radius 2 is 2.11 bits per heavy atom. The Morgan fingerprint density at radius 1 is 1.29 bits per heavy atom. The fourth-order valence-electron chi connectivity index (χ4n) is 3.36. The summed E-state index contributed by atoms with van der Waals surface area (Å²) in [5.41, 5.74) is 1.04. The lowest BCUT2D eigenvalue weighted by Gasteiger charge is -2.34. The number of guanidine groups is 1. The van der Waals surface area contributed by atoms with E-state index in [4.69, 9.17) is 4.74 Å². The molecule has 1 aliphatic heterocycles. The van der Waals surface area contributed by atoms with Gasteiger partial charge in [-0.1, -0.05) is 32.0 Å². The lowest BCUT2D eigenvalue weighted by molar-refractivity contribution is -0.0284. The van der Waals surface area contributed by atoms with Crippen LogP contribution in [0, 0.1) is 5.92 Å². The van der Waals surface area contributed by atoms with Crippen LogP contribution in [0.25, 0.3) is 5.69 Å². The second-order valence-corrected chi connectivity index (χ2v) is 7.41. The topological polar surface area (TPSA) is 79.6 Å². The van der Waals surface area contributed by atoms with Gasteiger partial charge in [0.05, 0.1) is 19.3 Å². The van der Waals surface area contributed by atoms with Crippen LogP contribution in [0.1, 0.15) is 19.7 Å². The minimum atomic E-state index is 0.166. The van der Waals surface area contributed by atoms with E-state index in [1.165, 1.54) is 0 Å². The summed E-state index contributed by atoms with van der Waals surface area (Å²) in [7, 11) is 1.77. The predicted molar refractivity (Wildman–Crippen MR) is 111 cm³/mol. The third-order valence-corrected chi connectivity index (χ3v) is 4.63. The Bertz CT molecular complexity index is 744. The maximum Gasteiger partial charge on any atom is 0.191 e. The van der Waals surface area contributed by atoms with Gasteiger partial charge in [0.15, 0.2) is 11.8 Å². The van der Waals surface area contributed by atoms with Crippen molar-refractivity contribution in [2.75, 3.05) is 39.8 Å². The SMILES string of the molecule is CN=C(NCc1nncn1-c1ccccc1)NCC1CN(CC(C)C)CCO1. The molecular weight excluding hydrogens is 354 g/mol. The van der Waals surface area contributed by atoms with Gasteiger partial charge in [-0.2, -0.15) is 0 Å². The van der Waals surface area contributed by atoms with E-state index >= 15 is 0 Å². The molecule has 1 aliphatic rings. The Morgan fingerprint density at radius 3 is 2.86 bits per heavy atom. The molecule has 2 heterocycles. The zero-order chi connectivity index (χ0) is 19.8. The summed E-state index contributed by atoms with van der Waals surface area (Å²) in [6, 6.07) is 10.1. The number of aliphatic imine (C=N–C) groups is 1. The van der Waals surface area contributed by atoms with Crippen molar-refractivity contribution in [2.24, 2.45) is 10.9 Å². The van der Waals surface area contributed by atoms with Crippen LogP contribution in [0.15, 0.2) is 41.7 Å². The van der Waals surface area contributed by atoms with Crippen LogP contribution in [0.4, 0.5) is 0 Å². The quantitative estimate of drug-likeness (QED) is 0.552. The molecule has 2 aromatic rings. The van der Waals surface area contributed by atoms with Crippen molar-refractivity contribution in [3.63, 3.8) is 0 Å². The van der Waals surface area contributed by atoms with E-state index in [-0.39, 0.29) is 6.10 Å². The number of rotatable bonds is 7. The van der Waals surface area contributed by atoms with Crippen molar-refractivity contribution >= 4 is 5.96 Å². The first-order chi connectivity index (χ1) is 13.7. The van der Waals surface area contributed by atoms with Crippen molar-refractivity contribution in [1.82, 2.24) is 30.3 Å². The van der Waals surface area contributed by atoms with Gasteiger partial charge < -0.3 is 15.4 Å². The van der Waals surface area contributed by atoms with Crippen molar-refractivity contribution < 1.29 is 4.74 Å². The first kappa shape index (κ1) is 20.3. The summed E-state index contributed by atoms with van der Waals surface area (Å²) in [5.74, 6) is 2.22. The summed E-state index contributed by atoms with van der Waals surface area (Å²) in [4.78, 5) is 6.78. The number of benzene rings is 1. The van der Waals surface area contributed by atoms with Gasteiger partial charge >= 0.3 is 0 Å². The van der Waals surface area contributed by atoms with Gasteiger partial charge in [-0.15, -0.1) is 10.2 Å². The number of hydrogen-bond donors (Lipinski definition) is 2. The molecule has 0 radical (unpaired) electrons. The third-order valence-electron chi connectivity index (χ3n) is 4.63. The van der Waals surface area contributed by atoms with Crippen LogP contribution in [-0.4, -0.2) is 71.6 Å². The van der Waals surface area contributed by atoms with Gasteiger partial charge in [-0.25, -0.2) is 0 Å². The van der Waals surface area contributed by atoms with Gasteiger partial charge in [0.1, 0.15) is 6.33 Å². The highest BCUT2D eigenvalue weighted by Gasteiger charge is 2.21. The second-order valence-electron chi connectivity index (χ2n) is 7.41. The first-order valence-corrected chi connectivity index (χ1v) is 9.88. The predicted octanol–water partition coefficient (Wildman–Crippen LogP) is 1.29. The van der Waals surface area contributed by atoms with Crippen molar-refractivity contribution in [3.8, 4) is 5.69 Å². The van der Waals surface area contributed by atoms with Crippen LogP contribution >= 0.6 is 0 Å². The second kappa shape index (κ2) is 10.2. The molecule has 0 aliphatic carbocycles. The van der Waals surface area contributed by atoms with E-state index in [1.807, 2.05) is 34.9 Å². The van der Waals surface area contributed by atoms with E-state index in [9.17, 15) is 0 Å². The Hall–Kier alpha value is -2.45. The maximum atomic E-state index is 5.90. The van der Waals surface area contributed by atoms with E-state index < -0.39 is 0 Å². The summed E-state index contributed by atoms with van der Waals surface area (Å²) in [6.45, 7) is 9.61. The molecule has 152 valence electrons. The highest BCUT2D eigenvalue weighted by molar-refractivity contribution is 5.79. The number of nitrogens with zero attached hydrogens (tertiary/aromatic N) is 5. The average Bonchev–Trinajstić information content (AvgIpc) is 3.17.